The van der Waals surface area contributed by atoms with Crippen molar-refractivity contribution in [1.29, 1.82) is 0 Å². The summed E-state index contributed by atoms with van der Waals surface area (Å²) in [4.78, 5) is 17.4. The minimum atomic E-state index is -0.562. The van der Waals surface area contributed by atoms with Gasteiger partial charge in [-0.2, -0.15) is 11.8 Å². The number of halogens is 2. The monoisotopic (exact) mass is 290 g/mol. The molecule has 0 aliphatic heterocycles. The van der Waals surface area contributed by atoms with Gasteiger partial charge in [-0.25, -0.2) is 9.37 Å². The van der Waals surface area contributed by atoms with Crippen molar-refractivity contribution in [2.24, 2.45) is 0 Å². The Morgan fingerprint density at radius 2 is 2.33 bits per heavy atom. The molecule has 1 rings (SSSR count). The third kappa shape index (κ3) is 3.85. The zero-order valence-corrected chi connectivity index (χ0v) is 12.2. The number of amides is 1. The molecule has 0 bridgehead atoms. The van der Waals surface area contributed by atoms with Gasteiger partial charge in [-0.05, 0) is 31.4 Å². The maximum absolute atomic E-state index is 13.1. The normalized spacial score (nSPS) is 12.3. The lowest BCUT2D eigenvalue weighted by Gasteiger charge is -2.25. The molecule has 100 valence electrons. The second kappa shape index (κ2) is 6.95. The lowest BCUT2D eigenvalue weighted by Crippen LogP contribution is -2.35. The van der Waals surface area contributed by atoms with Gasteiger partial charge in [0.1, 0.15) is 11.0 Å². The summed E-state index contributed by atoms with van der Waals surface area (Å²) in [5.41, 5.74) is 0.107. The van der Waals surface area contributed by atoms with Crippen LogP contribution in [-0.2, 0) is 0 Å². The van der Waals surface area contributed by atoms with E-state index in [1.165, 1.54) is 0 Å². The number of thioether (sulfide) groups is 1. The van der Waals surface area contributed by atoms with Crippen LogP contribution in [0.1, 0.15) is 23.7 Å². The molecule has 0 N–H and O–H groups in total. The van der Waals surface area contributed by atoms with E-state index in [9.17, 15) is 9.18 Å². The molecule has 18 heavy (non-hydrogen) atoms. The molecule has 0 fully saturated rings. The zero-order chi connectivity index (χ0) is 13.7. The fourth-order valence-electron chi connectivity index (χ4n) is 1.44. The number of aromatic nitrogens is 1. The Kier molecular flexibility index (Phi) is 5.88. The molecule has 0 saturated carbocycles. The second-order valence-electron chi connectivity index (χ2n) is 4.04. The van der Waals surface area contributed by atoms with Crippen LogP contribution in [-0.4, -0.2) is 40.9 Å². The van der Waals surface area contributed by atoms with Gasteiger partial charge < -0.3 is 4.90 Å². The molecule has 6 heteroatoms. The molecule has 3 nitrogen and oxygen atoms in total. The minimum Gasteiger partial charge on any atom is -0.339 e. The van der Waals surface area contributed by atoms with Crippen LogP contribution in [0, 0.1) is 5.82 Å². The first kappa shape index (κ1) is 15.2. The fraction of sp³-hybridized carbons (Fsp3) is 0.500. The highest BCUT2D eigenvalue weighted by molar-refractivity contribution is 7.98. The van der Waals surface area contributed by atoms with Crippen molar-refractivity contribution in [1.82, 2.24) is 9.88 Å². The molecule has 0 spiro atoms. The van der Waals surface area contributed by atoms with Crippen molar-refractivity contribution >= 4 is 29.3 Å². The highest BCUT2D eigenvalue weighted by Crippen LogP contribution is 2.17. The average molecular weight is 291 g/mol. The quantitative estimate of drug-likeness (QED) is 0.781. The topological polar surface area (TPSA) is 33.2 Å². The van der Waals surface area contributed by atoms with E-state index in [-0.39, 0.29) is 22.7 Å². The van der Waals surface area contributed by atoms with Gasteiger partial charge in [-0.3, -0.25) is 4.79 Å². The number of carbonyl (C=O) groups is 1. The molecule has 0 aliphatic rings. The predicted molar refractivity (Wildman–Crippen MR) is 73.8 cm³/mol. The van der Waals surface area contributed by atoms with Gasteiger partial charge in [0.25, 0.3) is 5.91 Å². The van der Waals surface area contributed by atoms with Crippen LogP contribution in [0.15, 0.2) is 12.3 Å². The Balaban J connectivity index is 2.82. The van der Waals surface area contributed by atoms with Crippen LogP contribution in [0.5, 0.6) is 0 Å². The van der Waals surface area contributed by atoms with Crippen molar-refractivity contribution in [3.63, 3.8) is 0 Å². The zero-order valence-electron chi connectivity index (χ0n) is 10.6. The van der Waals surface area contributed by atoms with E-state index in [1.807, 2.05) is 13.2 Å². The highest BCUT2D eigenvalue weighted by atomic mass is 35.5. The SMILES string of the molecule is CSCCC(C)N(C)C(=O)c1cc(F)cnc1Cl. The molecule has 1 heterocycles. The number of carbonyl (C=O) groups excluding carboxylic acids is 1. The molecule has 1 aromatic heterocycles. The fourth-order valence-corrected chi connectivity index (χ4v) is 2.21. The van der Waals surface area contributed by atoms with E-state index in [0.29, 0.717) is 0 Å². The van der Waals surface area contributed by atoms with Crippen LogP contribution < -0.4 is 0 Å². The molecule has 0 aromatic carbocycles. The smallest absolute Gasteiger partial charge is 0.257 e. The van der Waals surface area contributed by atoms with Gasteiger partial charge in [0.15, 0.2) is 0 Å². The van der Waals surface area contributed by atoms with Gasteiger partial charge in [0.2, 0.25) is 0 Å². The summed E-state index contributed by atoms with van der Waals surface area (Å²) in [5, 5.41) is 0.0327. The summed E-state index contributed by atoms with van der Waals surface area (Å²) in [6.07, 6.45) is 3.89. The van der Waals surface area contributed by atoms with E-state index in [4.69, 9.17) is 11.6 Å². The molecule has 1 unspecified atom stereocenters. The third-order valence-corrected chi connectivity index (χ3v) is 3.70. The van der Waals surface area contributed by atoms with Crippen molar-refractivity contribution in [2.45, 2.75) is 19.4 Å². The van der Waals surface area contributed by atoms with Crippen LogP contribution in [0.4, 0.5) is 4.39 Å². The first-order valence-corrected chi connectivity index (χ1v) is 7.31. The molecular formula is C12H16ClFN2OS. The number of hydrogen-bond donors (Lipinski definition) is 0. The summed E-state index contributed by atoms with van der Waals surface area (Å²) >= 11 is 7.54. The molecule has 0 saturated heterocycles. The third-order valence-electron chi connectivity index (χ3n) is 2.76. The maximum Gasteiger partial charge on any atom is 0.257 e. The van der Waals surface area contributed by atoms with E-state index in [1.54, 1.807) is 23.7 Å². The number of rotatable bonds is 5. The maximum atomic E-state index is 13.1. The molecular weight excluding hydrogens is 275 g/mol. The van der Waals surface area contributed by atoms with Crippen LogP contribution >= 0.6 is 23.4 Å². The van der Waals surface area contributed by atoms with Gasteiger partial charge in [-0.15, -0.1) is 0 Å². The Morgan fingerprint density at radius 1 is 1.67 bits per heavy atom. The average Bonchev–Trinajstić information content (AvgIpc) is 2.37. The highest BCUT2D eigenvalue weighted by Gasteiger charge is 2.20. The van der Waals surface area contributed by atoms with Crippen molar-refractivity contribution < 1.29 is 9.18 Å². The number of hydrogen-bond acceptors (Lipinski definition) is 3. The van der Waals surface area contributed by atoms with E-state index >= 15 is 0 Å². The van der Waals surface area contributed by atoms with E-state index in [2.05, 4.69) is 4.98 Å². The predicted octanol–water partition coefficient (Wildman–Crippen LogP) is 3.09. The van der Waals surface area contributed by atoms with E-state index in [0.717, 1.165) is 24.4 Å². The van der Waals surface area contributed by atoms with Crippen LogP contribution in [0.3, 0.4) is 0 Å². The first-order chi connectivity index (χ1) is 8.47. The van der Waals surface area contributed by atoms with Crippen molar-refractivity contribution in [3.8, 4) is 0 Å². The molecule has 1 atom stereocenters. The molecule has 0 radical (unpaired) electrons. The Hall–Kier alpha value is -0.810. The summed E-state index contributed by atoms with van der Waals surface area (Å²) in [7, 11) is 1.69. The first-order valence-electron chi connectivity index (χ1n) is 5.54. The van der Waals surface area contributed by atoms with Gasteiger partial charge in [-0.1, -0.05) is 11.6 Å². The molecule has 0 aliphatic carbocycles. The van der Waals surface area contributed by atoms with Crippen LogP contribution in [0.25, 0.3) is 0 Å². The second-order valence-corrected chi connectivity index (χ2v) is 5.38. The Labute approximate surface area is 116 Å². The summed E-state index contributed by atoms with van der Waals surface area (Å²) in [6, 6.07) is 1.19. The lowest BCUT2D eigenvalue weighted by atomic mass is 10.2. The summed E-state index contributed by atoms with van der Waals surface area (Å²) in [6.45, 7) is 1.95. The van der Waals surface area contributed by atoms with Gasteiger partial charge in [0, 0.05) is 13.1 Å². The Bertz CT molecular complexity index is 431. The Morgan fingerprint density at radius 3 is 2.94 bits per heavy atom. The van der Waals surface area contributed by atoms with Gasteiger partial charge in [0.05, 0.1) is 11.8 Å². The standard InChI is InChI=1S/C12H16ClFN2OS/c1-8(4-5-18-3)16(2)12(17)10-6-9(14)7-15-11(10)13/h6-8H,4-5H2,1-3H3. The van der Waals surface area contributed by atoms with Crippen molar-refractivity contribution in [2.75, 3.05) is 19.1 Å². The van der Waals surface area contributed by atoms with Crippen LogP contribution in [0.2, 0.25) is 5.15 Å². The summed E-state index contributed by atoms with van der Waals surface area (Å²) in [5.74, 6) is 0.0991. The minimum absolute atomic E-state index is 0.0327. The lowest BCUT2D eigenvalue weighted by molar-refractivity contribution is 0.0740. The number of pyridine rings is 1. The molecule has 1 aromatic rings. The molecule has 1 amide bonds. The number of nitrogens with zero attached hydrogens (tertiary/aromatic N) is 2. The van der Waals surface area contributed by atoms with Gasteiger partial charge >= 0.3 is 0 Å². The summed E-state index contributed by atoms with van der Waals surface area (Å²) < 4.78 is 13.1. The van der Waals surface area contributed by atoms with E-state index < -0.39 is 5.82 Å². The van der Waals surface area contributed by atoms with Crippen molar-refractivity contribution in [3.05, 3.63) is 28.8 Å². The largest absolute Gasteiger partial charge is 0.339 e.